The Morgan fingerprint density at radius 3 is 1.82 bits per heavy atom. The van der Waals surface area contributed by atoms with Gasteiger partial charge in [0, 0.05) is 45.3 Å². The minimum Gasteiger partial charge on any atom is -0.341 e. The predicted octanol–water partition coefficient (Wildman–Crippen LogP) is 10.6. The van der Waals surface area contributed by atoms with Crippen LogP contribution in [0.4, 0.5) is 17.1 Å². The molecule has 1 heterocycles. The largest absolute Gasteiger partial charge is 0.341 e. The average molecular weight is 515 g/mol. The SMILES string of the molecule is CCn1c2ccccc2c2cc(-c3ccccc3N(c3ccccc3)c3ccc(-c4ccccc4)cc3)ccc21. The van der Waals surface area contributed by atoms with Crippen LogP contribution in [0.3, 0.4) is 0 Å². The van der Waals surface area contributed by atoms with Crippen molar-refractivity contribution in [2.75, 3.05) is 4.90 Å². The molecule has 2 heteroatoms. The first-order chi connectivity index (χ1) is 19.8. The van der Waals surface area contributed by atoms with E-state index >= 15 is 0 Å². The molecule has 2 nitrogen and oxygen atoms in total. The molecule has 0 saturated carbocycles. The van der Waals surface area contributed by atoms with Crippen molar-refractivity contribution in [3.8, 4) is 22.3 Å². The summed E-state index contributed by atoms with van der Waals surface area (Å²) in [6.45, 7) is 3.16. The van der Waals surface area contributed by atoms with Crippen LogP contribution >= 0.6 is 0 Å². The quantitative estimate of drug-likeness (QED) is 0.214. The first-order valence-corrected chi connectivity index (χ1v) is 13.9. The smallest absolute Gasteiger partial charge is 0.0540 e. The van der Waals surface area contributed by atoms with Gasteiger partial charge in [-0.15, -0.1) is 0 Å². The van der Waals surface area contributed by atoms with Crippen LogP contribution in [-0.4, -0.2) is 4.57 Å². The fraction of sp³-hybridized carbons (Fsp3) is 0.0526. The van der Waals surface area contributed by atoms with Crippen LogP contribution in [0.5, 0.6) is 0 Å². The van der Waals surface area contributed by atoms with Crippen LogP contribution in [0, 0.1) is 0 Å². The number of rotatable bonds is 6. The number of aryl methyl sites for hydroxylation is 1. The van der Waals surface area contributed by atoms with E-state index in [9.17, 15) is 0 Å². The van der Waals surface area contributed by atoms with Gasteiger partial charge in [0.25, 0.3) is 0 Å². The summed E-state index contributed by atoms with van der Waals surface area (Å²) in [5, 5.41) is 2.60. The Bertz CT molecular complexity index is 1920. The van der Waals surface area contributed by atoms with Gasteiger partial charge in [0.15, 0.2) is 0 Å². The number of aromatic nitrogens is 1. The molecule has 192 valence electrons. The highest BCUT2D eigenvalue weighted by Crippen LogP contribution is 2.42. The maximum atomic E-state index is 2.41. The molecule has 0 spiro atoms. The lowest BCUT2D eigenvalue weighted by Gasteiger charge is -2.28. The summed E-state index contributed by atoms with van der Waals surface area (Å²) in [5.74, 6) is 0. The van der Waals surface area contributed by atoms with E-state index in [-0.39, 0.29) is 0 Å². The lowest BCUT2D eigenvalue weighted by Crippen LogP contribution is -2.11. The zero-order valence-corrected chi connectivity index (χ0v) is 22.5. The van der Waals surface area contributed by atoms with Crippen molar-refractivity contribution in [2.45, 2.75) is 13.5 Å². The zero-order chi connectivity index (χ0) is 26.9. The Morgan fingerprint density at radius 1 is 0.475 bits per heavy atom. The van der Waals surface area contributed by atoms with Crippen molar-refractivity contribution in [2.24, 2.45) is 0 Å². The highest BCUT2D eigenvalue weighted by atomic mass is 15.1. The van der Waals surface area contributed by atoms with E-state index in [1.54, 1.807) is 0 Å². The summed E-state index contributed by atoms with van der Waals surface area (Å²) in [4.78, 5) is 2.36. The number of hydrogen-bond acceptors (Lipinski definition) is 1. The molecule has 0 bridgehead atoms. The molecule has 0 atom stereocenters. The third kappa shape index (κ3) is 4.15. The molecule has 0 radical (unpaired) electrons. The number of para-hydroxylation sites is 3. The van der Waals surface area contributed by atoms with Crippen LogP contribution in [-0.2, 0) is 6.54 Å². The Kier molecular flexibility index (Phi) is 6.14. The van der Waals surface area contributed by atoms with Gasteiger partial charge in [-0.2, -0.15) is 0 Å². The highest BCUT2D eigenvalue weighted by molar-refractivity contribution is 6.09. The molecular weight excluding hydrogens is 484 g/mol. The van der Waals surface area contributed by atoms with Gasteiger partial charge in [-0.1, -0.05) is 103 Å². The lowest BCUT2D eigenvalue weighted by atomic mass is 9.99. The minimum absolute atomic E-state index is 0.945. The molecule has 1 aromatic heterocycles. The fourth-order valence-corrected chi connectivity index (χ4v) is 5.91. The number of benzene rings is 6. The highest BCUT2D eigenvalue weighted by Gasteiger charge is 2.18. The van der Waals surface area contributed by atoms with Gasteiger partial charge in [-0.25, -0.2) is 0 Å². The summed E-state index contributed by atoms with van der Waals surface area (Å²) >= 11 is 0. The molecule has 0 saturated heterocycles. The maximum absolute atomic E-state index is 2.41. The summed E-state index contributed by atoms with van der Waals surface area (Å²) in [5.41, 5.74) is 10.8. The maximum Gasteiger partial charge on any atom is 0.0540 e. The third-order valence-electron chi connectivity index (χ3n) is 7.79. The number of hydrogen-bond donors (Lipinski definition) is 0. The first-order valence-electron chi connectivity index (χ1n) is 13.9. The van der Waals surface area contributed by atoms with Gasteiger partial charge >= 0.3 is 0 Å². The van der Waals surface area contributed by atoms with Gasteiger partial charge in [0.1, 0.15) is 0 Å². The number of fused-ring (bicyclic) bond motifs is 3. The topological polar surface area (TPSA) is 8.17 Å². The number of nitrogens with zero attached hydrogens (tertiary/aromatic N) is 2. The van der Waals surface area contributed by atoms with Crippen LogP contribution in [0.25, 0.3) is 44.1 Å². The Morgan fingerprint density at radius 2 is 1.05 bits per heavy atom. The van der Waals surface area contributed by atoms with Crippen LogP contribution in [0.1, 0.15) is 6.92 Å². The molecular formula is C38H30N2. The van der Waals surface area contributed by atoms with Gasteiger partial charge in [-0.05, 0) is 72.1 Å². The molecule has 6 aromatic carbocycles. The van der Waals surface area contributed by atoms with Gasteiger partial charge in [-0.3, -0.25) is 0 Å². The van der Waals surface area contributed by atoms with Gasteiger partial charge in [0.2, 0.25) is 0 Å². The minimum atomic E-state index is 0.945. The van der Waals surface area contributed by atoms with E-state index in [0.717, 1.165) is 23.6 Å². The molecule has 0 amide bonds. The Hall–Kier alpha value is -5.08. The van der Waals surface area contributed by atoms with Crippen molar-refractivity contribution in [3.63, 3.8) is 0 Å². The summed E-state index contributed by atoms with van der Waals surface area (Å²) in [7, 11) is 0. The first kappa shape index (κ1) is 24.0. The van der Waals surface area contributed by atoms with E-state index < -0.39 is 0 Å². The van der Waals surface area contributed by atoms with Crippen molar-refractivity contribution >= 4 is 38.9 Å². The summed E-state index contributed by atoms with van der Waals surface area (Å²) in [6, 6.07) is 54.5. The van der Waals surface area contributed by atoms with Crippen molar-refractivity contribution in [1.82, 2.24) is 4.57 Å². The van der Waals surface area contributed by atoms with Crippen molar-refractivity contribution < 1.29 is 0 Å². The Labute approximate surface area is 235 Å². The van der Waals surface area contributed by atoms with Crippen LogP contribution in [0.15, 0.2) is 152 Å². The monoisotopic (exact) mass is 514 g/mol. The lowest BCUT2D eigenvalue weighted by molar-refractivity contribution is 0.827. The van der Waals surface area contributed by atoms with Gasteiger partial charge < -0.3 is 9.47 Å². The second kappa shape index (κ2) is 10.2. The Balaban J connectivity index is 1.39. The normalized spacial score (nSPS) is 11.2. The molecule has 0 aliphatic carbocycles. The van der Waals surface area contributed by atoms with Crippen molar-refractivity contribution in [1.29, 1.82) is 0 Å². The molecule has 0 unspecified atom stereocenters. The molecule has 0 fully saturated rings. The molecule has 0 aliphatic rings. The van der Waals surface area contributed by atoms with Crippen LogP contribution in [0.2, 0.25) is 0 Å². The number of anilines is 3. The fourth-order valence-electron chi connectivity index (χ4n) is 5.91. The molecule has 40 heavy (non-hydrogen) atoms. The summed E-state index contributed by atoms with van der Waals surface area (Å²) < 4.78 is 2.41. The zero-order valence-electron chi connectivity index (χ0n) is 22.5. The van der Waals surface area contributed by atoms with Crippen molar-refractivity contribution in [3.05, 3.63) is 152 Å². The van der Waals surface area contributed by atoms with E-state index in [0.29, 0.717) is 0 Å². The standard InChI is InChI=1S/C38H30N2/c1-2-39-36-19-11-10-18-34(36)35-27-30(23-26-37(35)39)33-17-9-12-20-38(33)40(31-15-7-4-8-16-31)32-24-21-29(22-25-32)28-13-5-3-6-14-28/h3-27H,2H2,1H3. The second-order valence-corrected chi connectivity index (χ2v) is 10.1. The third-order valence-corrected chi connectivity index (χ3v) is 7.79. The second-order valence-electron chi connectivity index (χ2n) is 10.1. The predicted molar refractivity (Wildman–Crippen MR) is 171 cm³/mol. The van der Waals surface area contributed by atoms with Crippen LogP contribution < -0.4 is 4.90 Å². The van der Waals surface area contributed by atoms with E-state index in [1.165, 1.54) is 44.1 Å². The van der Waals surface area contributed by atoms with E-state index in [1.807, 2.05) is 0 Å². The molecule has 7 aromatic rings. The van der Waals surface area contributed by atoms with E-state index in [4.69, 9.17) is 0 Å². The summed E-state index contributed by atoms with van der Waals surface area (Å²) in [6.07, 6.45) is 0. The molecule has 0 aliphatic heterocycles. The average Bonchev–Trinajstić information content (AvgIpc) is 3.36. The van der Waals surface area contributed by atoms with E-state index in [2.05, 4.69) is 168 Å². The van der Waals surface area contributed by atoms with Gasteiger partial charge in [0.05, 0.1) is 5.69 Å². The molecule has 7 rings (SSSR count). The molecule has 0 N–H and O–H groups in total.